The predicted molar refractivity (Wildman–Crippen MR) is 63.3 cm³/mol. The molecule has 0 aromatic rings. The number of allylic oxidation sites excluding steroid dienone is 2. The van der Waals surface area contributed by atoms with Gasteiger partial charge in [-0.1, -0.05) is 13.0 Å². The second kappa shape index (κ2) is 4.35. The minimum absolute atomic E-state index is 0.598. The van der Waals surface area contributed by atoms with Crippen LogP contribution in [-0.4, -0.2) is 48.7 Å². The Balaban J connectivity index is 1.74. The maximum atomic E-state index is 7.68. The first-order valence-corrected chi connectivity index (χ1v) is 5.92. The van der Waals surface area contributed by atoms with Gasteiger partial charge in [0.25, 0.3) is 0 Å². The first-order valence-electron chi connectivity index (χ1n) is 5.92. The van der Waals surface area contributed by atoms with Gasteiger partial charge in [-0.3, -0.25) is 0 Å². The number of rotatable bonds is 4. The van der Waals surface area contributed by atoms with Gasteiger partial charge in [0.2, 0.25) is 0 Å². The molecule has 1 atom stereocenters. The predicted octanol–water partition coefficient (Wildman–Crippen LogP) is 1.57. The zero-order valence-electron chi connectivity index (χ0n) is 9.79. The van der Waals surface area contributed by atoms with Crippen molar-refractivity contribution in [1.82, 2.24) is 9.80 Å². The Morgan fingerprint density at radius 1 is 1.40 bits per heavy atom. The van der Waals surface area contributed by atoms with Crippen molar-refractivity contribution >= 4 is 5.71 Å². The lowest BCUT2D eigenvalue weighted by Crippen LogP contribution is -2.42. The maximum Gasteiger partial charge on any atom is 0.0303 e. The van der Waals surface area contributed by atoms with Crippen LogP contribution in [0.25, 0.3) is 0 Å². The molecule has 0 radical (unpaired) electrons. The van der Waals surface area contributed by atoms with Gasteiger partial charge < -0.3 is 15.2 Å². The van der Waals surface area contributed by atoms with E-state index in [4.69, 9.17) is 5.41 Å². The van der Waals surface area contributed by atoms with E-state index in [9.17, 15) is 0 Å². The van der Waals surface area contributed by atoms with Crippen molar-refractivity contribution in [2.45, 2.75) is 19.8 Å². The molecule has 1 unspecified atom stereocenters. The van der Waals surface area contributed by atoms with Crippen LogP contribution in [0.15, 0.2) is 11.8 Å². The van der Waals surface area contributed by atoms with Crippen LogP contribution in [-0.2, 0) is 0 Å². The molecule has 1 saturated heterocycles. The molecule has 2 rings (SSSR count). The molecule has 3 heteroatoms. The Bertz CT molecular complexity index is 275. The Morgan fingerprint density at radius 2 is 2.07 bits per heavy atom. The summed E-state index contributed by atoms with van der Waals surface area (Å²) in [5.74, 6) is 0.598. The molecule has 2 aliphatic rings. The van der Waals surface area contributed by atoms with Crippen molar-refractivity contribution in [2.75, 3.05) is 33.2 Å². The summed E-state index contributed by atoms with van der Waals surface area (Å²) in [6, 6.07) is 0. The van der Waals surface area contributed by atoms with Gasteiger partial charge in [-0.25, -0.2) is 0 Å². The molecule has 1 heterocycles. The molecule has 1 N–H and O–H groups in total. The van der Waals surface area contributed by atoms with Crippen LogP contribution < -0.4 is 0 Å². The van der Waals surface area contributed by atoms with Crippen molar-refractivity contribution in [1.29, 1.82) is 5.41 Å². The van der Waals surface area contributed by atoms with E-state index in [0.29, 0.717) is 5.92 Å². The van der Waals surface area contributed by atoms with Crippen molar-refractivity contribution in [3.05, 3.63) is 11.8 Å². The monoisotopic (exact) mass is 207 g/mol. The van der Waals surface area contributed by atoms with Gasteiger partial charge in [0.15, 0.2) is 0 Å². The number of hydrogen-bond donors (Lipinski definition) is 1. The Kier molecular flexibility index (Phi) is 3.10. The van der Waals surface area contributed by atoms with Crippen LogP contribution in [0.5, 0.6) is 0 Å². The molecule has 0 aromatic heterocycles. The zero-order valence-corrected chi connectivity index (χ0v) is 9.79. The van der Waals surface area contributed by atoms with E-state index in [0.717, 1.165) is 31.6 Å². The molecular formula is C12H21N3. The van der Waals surface area contributed by atoms with E-state index in [1.54, 1.807) is 0 Å². The van der Waals surface area contributed by atoms with Crippen LogP contribution in [0.1, 0.15) is 19.8 Å². The van der Waals surface area contributed by atoms with E-state index in [1.807, 2.05) is 0 Å². The average Bonchev–Trinajstić information content (AvgIpc) is 2.98. The summed E-state index contributed by atoms with van der Waals surface area (Å²) in [5, 5.41) is 7.68. The fraction of sp³-hybridized carbons (Fsp3) is 0.750. The minimum atomic E-state index is 0.598. The van der Waals surface area contributed by atoms with Gasteiger partial charge in [0, 0.05) is 43.5 Å². The molecule has 1 aliphatic heterocycles. The zero-order chi connectivity index (χ0) is 10.8. The SMILES string of the molecule is CCC(=N)CC1C=C1N1CCN(C)CC1. The number of nitrogens with one attached hydrogen (secondary N) is 1. The summed E-state index contributed by atoms with van der Waals surface area (Å²) in [5.41, 5.74) is 2.39. The van der Waals surface area contributed by atoms with Crippen molar-refractivity contribution in [3.63, 3.8) is 0 Å². The molecule has 3 nitrogen and oxygen atoms in total. The fourth-order valence-corrected chi connectivity index (χ4v) is 2.14. The summed E-state index contributed by atoms with van der Waals surface area (Å²) >= 11 is 0. The third-order valence-corrected chi connectivity index (χ3v) is 3.40. The van der Waals surface area contributed by atoms with E-state index >= 15 is 0 Å². The fourth-order valence-electron chi connectivity index (χ4n) is 2.14. The van der Waals surface area contributed by atoms with Gasteiger partial charge in [0.1, 0.15) is 0 Å². The van der Waals surface area contributed by atoms with Gasteiger partial charge in [-0.05, 0) is 19.9 Å². The lowest BCUT2D eigenvalue weighted by Gasteiger charge is -2.33. The molecule has 0 spiro atoms. The smallest absolute Gasteiger partial charge is 0.0303 e. The van der Waals surface area contributed by atoms with E-state index in [2.05, 4.69) is 29.8 Å². The average molecular weight is 207 g/mol. The van der Waals surface area contributed by atoms with Crippen molar-refractivity contribution in [3.8, 4) is 0 Å². The number of piperazine rings is 1. The Morgan fingerprint density at radius 3 is 2.67 bits per heavy atom. The summed E-state index contributed by atoms with van der Waals surface area (Å²) in [4.78, 5) is 4.87. The van der Waals surface area contributed by atoms with E-state index < -0.39 is 0 Å². The van der Waals surface area contributed by atoms with Crippen molar-refractivity contribution in [2.24, 2.45) is 5.92 Å². The van der Waals surface area contributed by atoms with Gasteiger partial charge in [-0.2, -0.15) is 0 Å². The van der Waals surface area contributed by atoms with Crippen LogP contribution >= 0.6 is 0 Å². The molecule has 0 bridgehead atoms. The van der Waals surface area contributed by atoms with Crippen LogP contribution in [0.2, 0.25) is 0 Å². The normalized spacial score (nSPS) is 26.4. The number of hydrogen-bond acceptors (Lipinski definition) is 3. The molecular weight excluding hydrogens is 186 g/mol. The van der Waals surface area contributed by atoms with Crippen LogP contribution in [0.3, 0.4) is 0 Å². The minimum Gasteiger partial charge on any atom is -0.372 e. The van der Waals surface area contributed by atoms with Crippen LogP contribution in [0.4, 0.5) is 0 Å². The third-order valence-electron chi connectivity index (χ3n) is 3.40. The molecule has 0 saturated carbocycles. The summed E-state index contributed by atoms with van der Waals surface area (Å²) in [6.45, 7) is 6.75. The summed E-state index contributed by atoms with van der Waals surface area (Å²) in [6.07, 6.45) is 4.19. The third kappa shape index (κ3) is 2.59. The second-order valence-electron chi connectivity index (χ2n) is 4.65. The van der Waals surface area contributed by atoms with Crippen LogP contribution in [0, 0.1) is 11.3 Å². The Hall–Kier alpha value is -0.830. The Labute approximate surface area is 92.3 Å². The maximum absolute atomic E-state index is 7.68. The summed E-state index contributed by atoms with van der Waals surface area (Å²) < 4.78 is 0. The number of nitrogens with zero attached hydrogens (tertiary/aromatic N) is 2. The van der Waals surface area contributed by atoms with Gasteiger partial charge in [-0.15, -0.1) is 0 Å². The highest BCUT2D eigenvalue weighted by atomic mass is 15.3. The first-order chi connectivity index (χ1) is 7.20. The quantitative estimate of drug-likeness (QED) is 0.709. The number of likely N-dealkylation sites (N-methyl/N-ethyl adjacent to an activating group) is 1. The topological polar surface area (TPSA) is 30.3 Å². The first kappa shape index (κ1) is 10.7. The standard InChI is InChI=1S/C12H21N3/c1-3-11(13)8-10-9-12(10)15-6-4-14(2)5-7-15/h9-10,13H,3-8H2,1-2H3. The molecule has 15 heavy (non-hydrogen) atoms. The van der Waals surface area contributed by atoms with Gasteiger partial charge >= 0.3 is 0 Å². The highest BCUT2D eigenvalue weighted by molar-refractivity contribution is 5.82. The highest BCUT2D eigenvalue weighted by Crippen LogP contribution is 2.35. The molecule has 84 valence electrons. The van der Waals surface area contributed by atoms with Gasteiger partial charge in [0.05, 0.1) is 0 Å². The van der Waals surface area contributed by atoms with Crippen molar-refractivity contribution < 1.29 is 0 Å². The summed E-state index contributed by atoms with van der Waals surface area (Å²) in [7, 11) is 2.18. The molecule has 0 aromatic carbocycles. The second-order valence-corrected chi connectivity index (χ2v) is 4.65. The van der Waals surface area contributed by atoms with E-state index in [1.165, 1.54) is 18.8 Å². The highest BCUT2D eigenvalue weighted by Gasteiger charge is 2.31. The largest absolute Gasteiger partial charge is 0.372 e. The molecule has 1 fully saturated rings. The van der Waals surface area contributed by atoms with E-state index in [-0.39, 0.29) is 0 Å². The molecule has 1 aliphatic carbocycles. The lowest BCUT2D eigenvalue weighted by molar-refractivity contribution is 0.187. The molecule has 0 amide bonds. The lowest BCUT2D eigenvalue weighted by atomic mass is 10.1.